The molecule has 1 aromatic heterocycles. The molecular formula is C3H3BBrF3N3-. The summed E-state index contributed by atoms with van der Waals surface area (Å²) < 4.78 is 35.7. The molecule has 0 aromatic carbocycles. The highest BCUT2D eigenvalue weighted by Crippen LogP contribution is 2.12. The summed E-state index contributed by atoms with van der Waals surface area (Å²) >= 11 is 2.65. The quantitative estimate of drug-likeness (QED) is 0.661. The first kappa shape index (κ1) is 8.57. The maximum Gasteiger partial charge on any atom is 0.532 e. The number of rotatable bonds is 1. The van der Waals surface area contributed by atoms with Crippen LogP contribution in [0, 0.1) is 0 Å². The Labute approximate surface area is 68.8 Å². The van der Waals surface area contributed by atoms with Crippen molar-refractivity contribution in [1.82, 2.24) is 15.0 Å². The summed E-state index contributed by atoms with van der Waals surface area (Å²) in [6.45, 7) is -5.05. The molecule has 11 heavy (non-hydrogen) atoms. The molecule has 0 amide bonds. The Morgan fingerprint density at radius 2 is 1.91 bits per heavy atom. The fourth-order valence-electron chi connectivity index (χ4n) is 0.598. The second-order valence-corrected chi connectivity index (χ2v) is 2.69. The monoisotopic (exact) mass is 228 g/mol. The highest BCUT2D eigenvalue weighted by atomic mass is 79.9. The van der Waals surface area contributed by atoms with Crippen LogP contribution in [0.5, 0.6) is 0 Å². The molecule has 0 saturated carbocycles. The number of aromatic nitrogens is 3. The minimum Gasteiger partial charge on any atom is -0.444 e. The number of aryl methyl sites for hydroxylation is 1. The standard InChI is InChI=1S/C3H3BBrF3N3/c1-11-9-2(3(5)10-11)4(6,7)8/h1H3/q-1. The molecule has 1 heterocycles. The summed E-state index contributed by atoms with van der Waals surface area (Å²) in [5, 5.41) is 6.54. The van der Waals surface area contributed by atoms with Gasteiger partial charge in [-0.2, -0.15) is 9.90 Å². The molecule has 0 bridgehead atoms. The van der Waals surface area contributed by atoms with E-state index in [1.807, 2.05) is 0 Å². The molecular weight excluding hydrogens is 226 g/mol. The lowest BCUT2D eigenvalue weighted by Gasteiger charge is -2.09. The van der Waals surface area contributed by atoms with Crippen LogP contribution >= 0.6 is 15.9 Å². The summed E-state index contributed by atoms with van der Waals surface area (Å²) in [6, 6.07) is 0. The van der Waals surface area contributed by atoms with Gasteiger partial charge >= 0.3 is 6.98 Å². The molecule has 1 rings (SSSR count). The number of halogens is 4. The Morgan fingerprint density at radius 3 is 2.09 bits per heavy atom. The van der Waals surface area contributed by atoms with Crippen LogP contribution in [0.1, 0.15) is 0 Å². The third kappa shape index (κ3) is 1.73. The van der Waals surface area contributed by atoms with E-state index in [1.165, 1.54) is 7.05 Å². The molecule has 0 aliphatic carbocycles. The van der Waals surface area contributed by atoms with Gasteiger partial charge in [-0.25, -0.2) is 0 Å². The molecule has 1 aromatic rings. The molecule has 0 atom stereocenters. The van der Waals surface area contributed by atoms with Gasteiger partial charge in [0.1, 0.15) is 4.60 Å². The van der Waals surface area contributed by atoms with E-state index >= 15 is 0 Å². The predicted octanol–water partition coefficient (Wildman–Crippen LogP) is 0.632. The zero-order chi connectivity index (χ0) is 8.65. The van der Waals surface area contributed by atoms with Crippen LogP contribution in [0.3, 0.4) is 0 Å². The Bertz CT molecular complexity index is 269. The third-order valence-corrected chi connectivity index (χ3v) is 1.57. The van der Waals surface area contributed by atoms with E-state index in [4.69, 9.17) is 0 Å². The van der Waals surface area contributed by atoms with Gasteiger partial charge in [0.25, 0.3) is 0 Å². The number of hydrogen-bond donors (Lipinski definition) is 0. The Kier molecular flexibility index (Phi) is 1.95. The third-order valence-electron chi connectivity index (χ3n) is 1.01. The van der Waals surface area contributed by atoms with Crippen molar-refractivity contribution in [2.45, 2.75) is 0 Å². The van der Waals surface area contributed by atoms with Crippen molar-refractivity contribution in [2.24, 2.45) is 7.05 Å². The van der Waals surface area contributed by atoms with E-state index in [0.29, 0.717) is 0 Å². The van der Waals surface area contributed by atoms with E-state index in [2.05, 4.69) is 26.1 Å². The summed E-state index contributed by atoms with van der Waals surface area (Å²) in [5.41, 5.74) is -0.937. The van der Waals surface area contributed by atoms with E-state index < -0.39 is 12.6 Å². The molecule has 0 fully saturated rings. The predicted molar refractivity (Wildman–Crippen MR) is 37.4 cm³/mol. The van der Waals surface area contributed by atoms with Crippen LogP contribution in [0.2, 0.25) is 0 Å². The highest BCUT2D eigenvalue weighted by Gasteiger charge is 2.32. The second kappa shape index (κ2) is 2.51. The Balaban J connectivity index is 3.13. The summed E-state index contributed by atoms with van der Waals surface area (Å²) in [5.74, 6) is 0. The average Bonchev–Trinajstić information content (AvgIpc) is 2.08. The molecule has 0 radical (unpaired) electrons. The maximum atomic E-state index is 12.0. The first-order chi connectivity index (χ1) is 4.91. The number of nitrogens with zero attached hydrogens (tertiary/aromatic N) is 3. The van der Waals surface area contributed by atoms with Gasteiger partial charge in [-0.1, -0.05) is 0 Å². The lowest BCUT2D eigenvalue weighted by atomic mass is 9.87. The van der Waals surface area contributed by atoms with Crippen LogP contribution in [-0.4, -0.2) is 22.0 Å². The topological polar surface area (TPSA) is 30.7 Å². The largest absolute Gasteiger partial charge is 0.532 e. The molecule has 0 spiro atoms. The zero-order valence-electron chi connectivity index (χ0n) is 5.43. The van der Waals surface area contributed by atoms with Crippen molar-refractivity contribution in [3.63, 3.8) is 0 Å². The smallest absolute Gasteiger partial charge is 0.444 e. The van der Waals surface area contributed by atoms with E-state index in [0.717, 1.165) is 4.80 Å². The summed E-state index contributed by atoms with van der Waals surface area (Å²) in [6.07, 6.45) is 0. The summed E-state index contributed by atoms with van der Waals surface area (Å²) in [7, 11) is 1.33. The first-order valence-corrected chi connectivity index (χ1v) is 3.47. The van der Waals surface area contributed by atoms with E-state index in [-0.39, 0.29) is 4.60 Å². The van der Waals surface area contributed by atoms with Crippen LogP contribution in [-0.2, 0) is 7.05 Å². The van der Waals surface area contributed by atoms with Crippen LogP contribution in [0.4, 0.5) is 12.9 Å². The fourth-order valence-corrected chi connectivity index (χ4v) is 1.17. The summed E-state index contributed by atoms with van der Waals surface area (Å²) in [4.78, 5) is 0.870. The molecule has 0 unspecified atom stereocenters. The Morgan fingerprint density at radius 1 is 1.36 bits per heavy atom. The van der Waals surface area contributed by atoms with Crippen molar-refractivity contribution in [3.8, 4) is 0 Å². The minimum absolute atomic E-state index is 0.257. The lowest BCUT2D eigenvalue weighted by Crippen LogP contribution is -2.36. The highest BCUT2D eigenvalue weighted by molar-refractivity contribution is 9.10. The van der Waals surface area contributed by atoms with Crippen molar-refractivity contribution < 1.29 is 12.9 Å². The molecule has 0 aliphatic rings. The van der Waals surface area contributed by atoms with Gasteiger partial charge in [0.05, 0.1) is 0 Å². The molecule has 0 saturated heterocycles. The lowest BCUT2D eigenvalue weighted by molar-refractivity contribution is 0.496. The fraction of sp³-hybridized carbons (Fsp3) is 0.333. The van der Waals surface area contributed by atoms with Gasteiger partial charge in [0, 0.05) is 12.6 Å². The van der Waals surface area contributed by atoms with Crippen molar-refractivity contribution >= 4 is 28.5 Å². The molecule has 0 aliphatic heterocycles. The molecule has 3 nitrogen and oxygen atoms in total. The average molecular weight is 229 g/mol. The molecule has 8 heteroatoms. The first-order valence-electron chi connectivity index (χ1n) is 2.68. The van der Waals surface area contributed by atoms with Crippen LogP contribution < -0.4 is 5.59 Å². The minimum atomic E-state index is -5.05. The number of hydrogen-bond acceptors (Lipinski definition) is 2. The van der Waals surface area contributed by atoms with Crippen LogP contribution in [0.25, 0.3) is 0 Å². The van der Waals surface area contributed by atoms with Gasteiger partial charge in [-0.15, -0.1) is 5.10 Å². The van der Waals surface area contributed by atoms with Gasteiger partial charge in [0.2, 0.25) is 0 Å². The zero-order valence-corrected chi connectivity index (χ0v) is 7.02. The normalized spacial score (nSPS) is 12.1. The maximum absolute atomic E-state index is 12.0. The molecule has 0 N–H and O–H groups in total. The van der Waals surface area contributed by atoms with Crippen molar-refractivity contribution in [3.05, 3.63) is 4.60 Å². The van der Waals surface area contributed by atoms with Crippen LogP contribution in [0.15, 0.2) is 4.60 Å². The van der Waals surface area contributed by atoms with Gasteiger partial charge in [-0.05, 0) is 15.9 Å². The van der Waals surface area contributed by atoms with Crippen molar-refractivity contribution in [1.29, 1.82) is 0 Å². The van der Waals surface area contributed by atoms with E-state index in [9.17, 15) is 12.9 Å². The molecule has 62 valence electrons. The van der Waals surface area contributed by atoms with Crippen molar-refractivity contribution in [2.75, 3.05) is 0 Å². The van der Waals surface area contributed by atoms with E-state index in [1.54, 1.807) is 0 Å². The van der Waals surface area contributed by atoms with Gasteiger partial charge in [0.15, 0.2) is 0 Å². The van der Waals surface area contributed by atoms with Gasteiger partial charge < -0.3 is 12.9 Å². The van der Waals surface area contributed by atoms with Gasteiger partial charge in [-0.3, -0.25) is 0 Å². The second-order valence-electron chi connectivity index (χ2n) is 1.94. The Hall–Kier alpha value is -0.525. The SMILES string of the molecule is Cn1nc(Br)c([B-](F)(F)F)n1.